The van der Waals surface area contributed by atoms with Gasteiger partial charge in [0.25, 0.3) is 0 Å². The first-order valence-corrected chi connectivity index (χ1v) is 5.48. The number of rotatable bonds is 3. The van der Waals surface area contributed by atoms with Crippen molar-refractivity contribution in [1.29, 1.82) is 0 Å². The second-order valence-electron chi connectivity index (χ2n) is 2.67. The Morgan fingerprint density at radius 2 is 1.71 bits per heavy atom. The largest absolute Gasteiger partial charge is 0.654 e. The Labute approximate surface area is 79.5 Å². The van der Waals surface area contributed by atoms with Gasteiger partial charge in [-0.1, -0.05) is 30.3 Å². The summed E-state index contributed by atoms with van der Waals surface area (Å²) in [4.78, 5) is 11.1. The van der Waals surface area contributed by atoms with Crippen molar-refractivity contribution in [3.05, 3.63) is 35.9 Å². The Morgan fingerprint density at radius 3 is 2.14 bits per heavy atom. The third-order valence-corrected chi connectivity index (χ3v) is 2.50. The van der Waals surface area contributed by atoms with Crippen molar-refractivity contribution < 1.29 is 22.2 Å². The van der Waals surface area contributed by atoms with Gasteiger partial charge in [-0.05, 0) is 0 Å². The number of Topliss-reactive ketones (excluding diaryl/α,β-unsaturated/α-hetero) is 1. The summed E-state index contributed by atoms with van der Waals surface area (Å²) in [5.41, 5.74) is -2.92. The molecule has 0 aliphatic rings. The molecule has 0 aromatic heterocycles. The SMILES string of the molecule is O=C(c1ccccc1)C(O)[Si](F)(F)F. The monoisotopic (exact) mass is 220 g/mol. The summed E-state index contributed by atoms with van der Waals surface area (Å²) in [6.07, 6.45) is 0. The van der Waals surface area contributed by atoms with E-state index >= 15 is 0 Å². The van der Waals surface area contributed by atoms with Gasteiger partial charge in [0, 0.05) is 5.56 Å². The van der Waals surface area contributed by atoms with Crippen LogP contribution in [0, 0.1) is 0 Å². The molecule has 0 saturated carbocycles. The number of halogens is 3. The topological polar surface area (TPSA) is 37.3 Å². The number of hydrogen-bond donors (Lipinski definition) is 1. The second kappa shape index (κ2) is 3.93. The van der Waals surface area contributed by atoms with E-state index in [4.69, 9.17) is 5.11 Å². The molecule has 0 bridgehead atoms. The Morgan fingerprint density at radius 1 is 1.21 bits per heavy atom. The fourth-order valence-electron chi connectivity index (χ4n) is 0.909. The van der Waals surface area contributed by atoms with Crippen LogP contribution in [-0.2, 0) is 0 Å². The van der Waals surface area contributed by atoms with E-state index in [1.54, 1.807) is 6.07 Å². The van der Waals surface area contributed by atoms with E-state index in [0.29, 0.717) is 0 Å². The number of carbonyl (C=O) groups is 1. The molecule has 6 heteroatoms. The molecule has 1 unspecified atom stereocenters. The van der Waals surface area contributed by atoms with Crippen molar-refractivity contribution in [2.45, 2.75) is 5.73 Å². The van der Waals surface area contributed by atoms with Gasteiger partial charge in [-0.25, -0.2) is 12.3 Å². The van der Waals surface area contributed by atoms with E-state index in [9.17, 15) is 17.1 Å². The van der Waals surface area contributed by atoms with Gasteiger partial charge in [-0.2, -0.15) is 0 Å². The highest BCUT2D eigenvalue weighted by Gasteiger charge is 2.51. The number of benzene rings is 1. The van der Waals surface area contributed by atoms with Gasteiger partial charge in [0.05, 0.1) is 0 Å². The Bertz CT molecular complexity index is 323. The summed E-state index contributed by atoms with van der Waals surface area (Å²) in [7, 11) is -6.30. The molecule has 0 heterocycles. The summed E-state index contributed by atoms with van der Waals surface area (Å²) in [5, 5.41) is 8.69. The lowest BCUT2D eigenvalue weighted by Crippen LogP contribution is -2.41. The van der Waals surface area contributed by atoms with E-state index in [-0.39, 0.29) is 5.56 Å². The molecule has 0 spiro atoms. The molecule has 1 aromatic rings. The zero-order chi connectivity index (χ0) is 10.8. The molecular weight excluding hydrogens is 213 g/mol. The molecule has 1 rings (SSSR count). The van der Waals surface area contributed by atoms with Crippen LogP contribution in [0.1, 0.15) is 10.4 Å². The van der Waals surface area contributed by atoms with Crippen LogP contribution in [0.4, 0.5) is 12.3 Å². The summed E-state index contributed by atoms with van der Waals surface area (Å²) < 4.78 is 36.2. The fourth-order valence-corrected chi connectivity index (χ4v) is 1.37. The van der Waals surface area contributed by atoms with E-state index < -0.39 is 20.6 Å². The Balaban J connectivity index is 2.87. The molecule has 1 N–H and O–H groups in total. The molecule has 1 aromatic carbocycles. The molecule has 0 aliphatic carbocycles. The van der Waals surface area contributed by atoms with Gasteiger partial charge in [-0.15, -0.1) is 0 Å². The van der Waals surface area contributed by atoms with Crippen molar-refractivity contribution in [3.8, 4) is 0 Å². The van der Waals surface area contributed by atoms with Gasteiger partial charge in [0.2, 0.25) is 0 Å². The van der Waals surface area contributed by atoms with Crippen LogP contribution in [0.25, 0.3) is 0 Å². The third kappa shape index (κ3) is 2.42. The van der Waals surface area contributed by atoms with Gasteiger partial charge in [0.1, 0.15) is 0 Å². The predicted octanol–water partition coefficient (Wildman–Crippen LogP) is 1.62. The highest BCUT2D eigenvalue weighted by molar-refractivity contribution is 6.64. The average Bonchev–Trinajstić information content (AvgIpc) is 2.15. The summed E-state index contributed by atoms with van der Waals surface area (Å²) in [5.74, 6) is -1.27. The van der Waals surface area contributed by atoms with Crippen molar-refractivity contribution in [3.63, 3.8) is 0 Å². The molecule has 14 heavy (non-hydrogen) atoms. The molecule has 0 aliphatic heterocycles. The first-order valence-electron chi connectivity index (χ1n) is 3.77. The first kappa shape index (κ1) is 10.9. The van der Waals surface area contributed by atoms with E-state index in [0.717, 1.165) is 0 Å². The third-order valence-electron chi connectivity index (χ3n) is 1.62. The van der Waals surface area contributed by atoms with Crippen LogP contribution >= 0.6 is 0 Å². The minimum absolute atomic E-state index is 0.121. The maximum absolute atomic E-state index is 12.1. The highest BCUT2D eigenvalue weighted by atomic mass is 28.5. The van der Waals surface area contributed by atoms with E-state index in [2.05, 4.69) is 0 Å². The van der Waals surface area contributed by atoms with Crippen molar-refractivity contribution in [2.75, 3.05) is 0 Å². The number of aliphatic hydroxyl groups excluding tert-OH is 1. The van der Waals surface area contributed by atoms with E-state index in [1.807, 2.05) is 0 Å². The quantitative estimate of drug-likeness (QED) is 0.477. The van der Waals surface area contributed by atoms with Gasteiger partial charge >= 0.3 is 9.08 Å². The zero-order valence-electron chi connectivity index (χ0n) is 6.95. The fraction of sp³-hybridized carbons (Fsp3) is 0.125. The molecular formula is C8H7F3O2Si. The number of aliphatic hydroxyl groups is 1. The van der Waals surface area contributed by atoms with Crippen LogP contribution in [-0.4, -0.2) is 25.7 Å². The summed E-state index contributed by atoms with van der Waals surface area (Å²) >= 11 is 0. The molecule has 0 saturated heterocycles. The van der Waals surface area contributed by atoms with Crippen molar-refractivity contribution in [1.82, 2.24) is 0 Å². The molecule has 2 nitrogen and oxygen atoms in total. The van der Waals surface area contributed by atoms with Crippen LogP contribution < -0.4 is 0 Å². The number of hydrogen-bond acceptors (Lipinski definition) is 2. The Hall–Kier alpha value is -1.14. The van der Waals surface area contributed by atoms with Crippen LogP contribution in [0.2, 0.25) is 0 Å². The predicted molar refractivity (Wildman–Crippen MR) is 45.9 cm³/mol. The van der Waals surface area contributed by atoms with Crippen LogP contribution in [0.3, 0.4) is 0 Å². The zero-order valence-corrected chi connectivity index (χ0v) is 7.95. The number of carbonyl (C=O) groups excluding carboxylic acids is 1. The maximum Gasteiger partial charge on any atom is 0.654 e. The lowest BCUT2D eigenvalue weighted by atomic mass is 10.1. The standard InChI is InChI=1S/C8H7F3O2Si/c9-14(10,11)8(13)7(12)6-4-2-1-3-5-6/h1-5,8,13H. The smallest absolute Gasteiger partial charge is 0.380 e. The minimum atomic E-state index is -6.30. The second-order valence-corrected chi connectivity index (χ2v) is 4.30. The normalized spacial score (nSPS) is 13.7. The molecule has 76 valence electrons. The maximum atomic E-state index is 12.1. The van der Waals surface area contributed by atoms with E-state index in [1.165, 1.54) is 24.3 Å². The van der Waals surface area contributed by atoms with Crippen LogP contribution in [0.5, 0.6) is 0 Å². The lowest BCUT2D eigenvalue weighted by Gasteiger charge is -2.09. The molecule has 0 fully saturated rings. The average molecular weight is 220 g/mol. The molecule has 0 radical (unpaired) electrons. The van der Waals surface area contributed by atoms with Gasteiger partial charge in [0.15, 0.2) is 11.5 Å². The van der Waals surface area contributed by atoms with Crippen molar-refractivity contribution >= 4 is 14.9 Å². The van der Waals surface area contributed by atoms with Gasteiger partial charge in [-0.3, -0.25) is 4.79 Å². The summed E-state index contributed by atoms with van der Waals surface area (Å²) in [6, 6.07) is 6.95. The summed E-state index contributed by atoms with van der Waals surface area (Å²) in [6.45, 7) is 0. The lowest BCUT2D eigenvalue weighted by molar-refractivity contribution is 0.0803. The van der Waals surface area contributed by atoms with Crippen LogP contribution in [0.15, 0.2) is 30.3 Å². The number of ketones is 1. The Kier molecular flexibility index (Phi) is 3.07. The highest BCUT2D eigenvalue weighted by Crippen LogP contribution is 2.17. The van der Waals surface area contributed by atoms with Crippen molar-refractivity contribution in [2.24, 2.45) is 0 Å². The van der Waals surface area contributed by atoms with Gasteiger partial charge < -0.3 is 5.11 Å². The first-order chi connectivity index (χ1) is 6.43. The molecule has 0 amide bonds. The molecule has 1 atom stereocenters. The minimum Gasteiger partial charge on any atom is -0.380 e.